The third-order valence-corrected chi connectivity index (χ3v) is 6.73. The highest BCUT2D eigenvalue weighted by molar-refractivity contribution is 7.07. The molecule has 0 saturated heterocycles. The van der Waals surface area contributed by atoms with Crippen molar-refractivity contribution in [3.05, 3.63) is 84.8 Å². The van der Waals surface area contributed by atoms with E-state index in [1.165, 1.54) is 4.57 Å². The molecule has 1 aliphatic rings. The molecule has 0 amide bonds. The van der Waals surface area contributed by atoms with E-state index in [1.54, 1.807) is 63.6 Å². The molecule has 2 aromatic carbocycles. The van der Waals surface area contributed by atoms with Crippen LogP contribution in [0.5, 0.6) is 11.5 Å². The van der Waals surface area contributed by atoms with Gasteiger partial charge in [-0.1, -0.05) is 24.3 Å². The van der Waals surface area contributed by atoms with E-state index < -0.39 is 17.4 Å². The lowest BCUT2D eigenvalue weighted by Gasteiger charge is -2.25. The van der Waals surface area contributed by atoms with Crippen LogP contribution in [-0.2, 0) is 9.53 Å². The van der Waals surface area contributed by atoms with Crippen molar-refractivity contribution in [2.24, 2.45) is 5.73 Å². The highest BCUT2D eigenvalue weighted by Crippen LogP contribution is 2.37. The van der Waals surface area contributed by atoms with Gasteiger partial charge in [0.2, 0.25) is 0 Å². The molecule has 1 atom stereocenters. The van der Waals surface area contributed by atoms with Gasteiger partial charge < -0.3 is 19.9 Å². The van der Waals surface area contributed by atoms with Crippen molar-refractivity contribution in [1.82, 2.24) is 4.57 Å². The summed E-state index contributed by atoms with van der Waals surface area (Å²) in [6, 6.07) is 16.4. The Kier molecular flexibility index (Phi) is 6.75. The van der Waals surface area contributed by atoms with Crippen molar-refractivity contribution in [3.8, 4) is 17.6 Å². The van der Waals surface area contributed by atoms with Crippen molar-refractivity contribution in [3.63, 3.8) is 0 Å². The van der Waals surface area contributed by atoms with E-state index in [9.17, 15) is 14.9 Å². The Morgan fingerprint density at radius 2 is 1.71 bits per heavy atom. The van der Waals surface area contributed by atoms with E-state index >= 15 is 0 Å². The molecule has 2 heterocycles. The van der Waals surface area contributed by atoms with E-state index in [0.717, 1.165) is 16.9 Å². The van der Waals surface area contributed by atoms with Gasteiger partial charge in [-0.25, -0.2) is 4.79 Å². The zero-order chi connectivity index (χ0) is 25.1. The van der Waals surface area contributed by atoms with E-state index in [4.69, 9.17) is 19.9 Å². The number of aromatic nitrogens is 1. The zero-order valence-corrected chi connectivity index (χ0v) is 20.2. The molecule has 178 valence electrons. The number of benzene rings is 2. The van der Waals surface area contributed by atoms with Crippen LogP contribution in [0.15, 0.2) is 58.9 Å². The molecule has 0 spiro atoms. The summed E-state index contributed by atoms with van der Waals surface area (Å²) in [5.74, 6) is -0.200. The summed E-state index contributed by atoms with van der Waals surface area (Å²) in [5, 5.41) is 10.2. The number of nitrogens with zero attached hydrogens (tertiary/aromatic N) is 2. The van der Waals surface area contributed by atoms with Crippen LogP contribution in [0.2, 0.25) is 0 Å². The molecule has 35 heavy (non-hydrogen) atoms. The predicted octanol–water partition coefficient (Wildman–Crippen LogP) is 1.92. The molecule has 4 rings (SSSR count). The monoisotopic (exact) mass is 489 g/mol. The van der Waals surface area contributed by atoms with Crippen LogP contribution in [0.4, 0.5) is 0 Å². The molecule has 8 nitrogen and oxygen atoms in total. The fourth-order valence-corrected chi connectivity index (χ4v) is 5.07. The van der Waals surface area contributed by atoms with Crippen LogP contribution in [0.3, 0.4) is 0 Å². The van der Waals surface area contributed by atoms with Crippen molar-refractivity contribution in [2.45, 2.75) is 12.8 Å². The van der Waals surface area contributed by atoms with Gasteiger partial charge in [-0.05, 0) is 48.4 Å². The number of fused-ring (bicyclic) bond motifs is 1. The number of methoxy groups -OCH3 is 2. The lowest BCUT2D eigenvalue weighted by molar-refractivity contribution is -0.138. The van der Waals surface area contributed by atoms with Crippen LogP contribution < -0.4 is 30.0 Å². The van der Waals surface area contributed by atoms with Crippen LogP contribution in [0.1, 0.15) is 24.0 Å². The first-order valence-corrected chi connectivity index (χ1v) is 11.6. The van der Waals surface area contributed by atoms with Crippen LogP contribution in [0.25, 0.3) is 17.5 Å². The zero-order valence-electron chi connectivity index (χ0n) is 19.4. The number of ether oxygens (including phenoxy) is 3. The predicted molar refractivity (Wildman–Crippen MR) is 133 cm³/mol. The molecular formula is C26H23N3O5S. The van der Waals surface area contributed by atoms with Gasteiger partial charge in [0.25, 0.3) is 5.56 Å². The third kappa shape index (κ3) is 4.32. The second kappa shape index (κ2) is 9.91. The number of nitriles is 1. The molecule has 3 aromatic rings. The Labute approximate surface area is 205 Å². The standard InChI is InChI=1S/C26H23N3O5S/c1-4-34-26(31)22-21(16-7-11-18(33-3)12-8-16)19(14-27)25-29(23(22)28)24(30)20(35-25)13-15-5-9-17(32-2)10-6-15/h5-13,21H,4,28H2,1-3H3/b20-13-/t21-/m1/s1. The van der Waals surface area contributed by atoms with Gasteiger partial charge in [-0.3, -0.25) is 9.36 Å². The van der Waals surface area contributed by atoms with Crippen LogP contribution in [-0.4, -0.2) is 31.4 Å². The smallest absolute Gasteiger partial charge is 0.338 e. The Balaban J connectivity index is 2.00. The highest BCUT2D eigenvalue weighted by Gasteiger charge is 2.36. The number of rotatable bonds is 6. The molecule has 0 radical (unpaired) electrons. The summed E-state index contributed by atoms with van der Waals surface area (Å²) < 4.78 is 17.7. The van der Waals surface area contributed by atoms with E-state index in [2.05, 4.69) is 6.07 Å². The van der Waals surface area contributed by atoms with E-state index in [1.807, 2.05) is 12.1 Å². The fourth-order valence-electron chi connectivity index (χ4n) is 3.94. The summed E-state index contributed by atoms with van der Waals surface area (Å²) in [5.41, 5.74) is 7.75. The van der Waals surface area contributed by atoms with Crippen LogP contribution >= 0.6 is 11.3 Å². The number of carbonyl (C=O) groups is 1. The van der Waals surface area contributed by atoms with Gasteiger partial charge in [0.05, 0.1) is 48.5 Å². The molecule has 0 aliphatic carbocycles. The molecule has 1 aromatic heterocycles. The lowest BCUT2D eigenvalue weighted by atomic mass is 9.84. The first kappa shape index (κ1) is 23.9. The molecule has 2 N–H and O–H groups in total. The number of carbonyl (C=O) groups excluding carboxylic acids is 1. The quantitative estimate of drug-likeness (QED) is 0.526. The molecule has 1 aliphatic heterocycles. The number of hydrogen-bond donors (Lipinski definition) is 1. The van der Waals surface area contributed by atoms with Crippen molar-refractivity contribution >= 4 is 34.8 Å². The van der Waals surface area contributed by atoms with Crippen molar-refractivity contribution < 1.29 is 19.0 Å². The molecule has 0 fully saturated rings. The number of thiazole rings is 1. The SMILES string of the molecule is CCOC(=O)C1=C(N)n2c(s/c(=C\c3ccc(OC)cc3)c2=O)=C(C#N)[C@H]1c1ccc(OC)cc1. The van der Waals surface area contributed by atoms with Crippen LogP contribution in [0, 0.1) is 11.3 Å². The van der Waals surface area contributed by atoms with Gasteiger partial charge in [0.1, 0.15) is 22.0 Å². The normalized spacial score (nSPS) is 15.4. The molecular weight excluding hydrogens is 466 g/mol. The molecule has 0 saturated carbocycles. The highest BCUT2D eigenvalue weighted by atomic mass is 32.1. The van der Waals surface area contributed by atoms with Gasteiger partial charge in [-0.15, -0.1) is 11.3 Å². The summed E-state index contributed by atoms with van der Waals surface area (Å²) in [6.07, 6.45) is 1.71. The maximum atomic E-state index is 13.4. The minimum absolute atomic E-state index is 0.0473. The Morgan fingerprint density at radius 1 is 1.11 bits per heavy atom. The molecule has 0 bridgehead atoms. The first-order valence-electron chi connectivity index (χ1n) is 10.8. The number of hydrogen-bond acceptors (Lipinski definition) is 8. The molecule has 9 heteroatoms. The number of esters is 1. The van der Waals surface area contributed by atoms with Crippen molar-refractivity contribution in [2.75, 3.05) is 20.8 Å². The van der Waals surface area contributed by atoms with Gasteiger partial charge in [-0.2, -0.15) is 5.26 Å². The lowest BCUT2D eigenvalue weighted by Crippen LogP contribution is -2.40. The Morgan fingerprint density at radius 3 is 2.26 bits per heavy atom. The maximum Gasteiger partial charge on any atom is 0.338 e. The van der Waals surface area contributed by atoms with Gasteiger partial charge >= 0.3 is 5.97 Å². The average molecular weight is 490 g/mol. The average Bonchev–Trinajstić information content (AvgIpc) is 3.20. The van der Waals surface area contributed by atoms with E-state index in [0.29, 0.717) is 26.3 Å². The fraction of sp³-hybridized carbons (Fsp3) is 0.192. The topological polar surface area (TPSA) is 117 Å². The molecule has 0 unspecified atom stereocenters. The number of nitrogens with two attached hydrogens (primary N) is 1. The van der Waals surface area contributed by atoms with Crippen molar-refractivity contribution in [1.29, 1.82) is 5.26 Å². The third-order valence-electron chi connectivity index (χ3n) is 5.63. The second-order valence-electron chi connectivity index (χ2n) is 7.58. The Bertz CT molecular complexity index is 1520. The first-order chi connectivity index (χ1) is 16.9. The Hall–Kier alpha value is -4.29. The summed E-state index contributed by atoms with van der Waals surface area (Å²) in [6.45, 7) is 1.80. The van der Waals surface area contributed by atoms with Gasteiger partial charge in [0, 0.05) is 0 Å². The second-order valence-corrected chi connectivity index (χ2v) is 8.61. The minimum atomic E-state index is -0.795. The van der Waals surface area contributed by atoms with E-state index in [-0.39, 0.29) is 23.6 Å². The van der Waals surface area contributed by atoms with Gasteiger partial charge in [0.15, 0.2) is 0 Å². The summed E-state index contributed by atoms with van der Waals surface area (Å²) in [7, 11) is 3.13. The maximum absolute atomic E-state index is 13.4. The summed E-state index contributed by atoms with van der Waals surface area (Å²) in [4.78, 5) is 26.4. The largest absolute Gasteiger partial charge is 0.497 e. The summed E-state index contributed by atoms with van der Waals surface area (Å²) >= 11 is 1.15. The minimum Gasteiger partial charge on any atom is -0.497 e.